The monoisotopic (exact) mass is 343 g/mol. The lowest BCUT2D eigenvalue weighted by molar-refractivity contribution is -0.134. The van der Waals surface area contributed by atoms with Crippen LogP contribution in [-0.4, -0.2) is 46.3 Å². The summed E-state index contributed by atoms with van der Waals surface area (Å²) in [5.41, 5.74) is 1.42. The van der Waals surface area contributed by atoms with E-state index in [1.54, 1.807) is 24.3 Å². The van der Waals surface area contributed by atoms with Crippen LogP contribution in [0, 0.1) is 0 Å². The third-order valence-corrected chi connectivity index (χ3v) is 4.07. The number of carbonyl (C=O) groups excluding carboxylic acids is 3. The molecule has 6 nitrogen and oxygen atoms in total. The first-order chi connectivity index (χ1) is 11.4. The van der Waals surface area contributed by atoms with Crippen LogP contribution < -0.4 is 0 Å². The molecule has 0 aliphatic carbocycles. The lowest BCUT2D eigenvalue weighted by Gasteiger charge is -2.28. The van der Waals surface area contributed by atoms with E-state index in [4.69, 9.17) is 11.6 Å². The molecular weight excluding hydrogens is 330 g/mol. The molecule has 0 atom stereocenters. The first-order valence-electron chi connectivity index (χ1n) is 7.15. The highest BCUT2D eigenvalue weighted by Crippen LogP contribution is 2.21. The van der Waals surface area contributed by atoms with Crippen molar-refractivity contribution in [3.8, 4) is 5.69 Å². The number of hydrogen-bond donors (Lipinski definition) is 0. The highest BCUT2D eigenvalue weighted by molar-refractivity contribution is 6.31. The maximum absolute atomic E-state index is 12.3. The van der Waals surface area contributed by atoms with E-state index >= 15 is 0 Å². The second-order valence-electron chi connectivity index (χ2n) is 5.35. The van der Waals surface area contributed by atoms with E-state index in [9.17, 15) is 14.4 Å². The third-order valence-electron chi connectivity index (χ3n) is 3.82. The highest BCUT2D eigenvalue weighted by Gasteiger charge is 2.37. The quantitative estimate of drug-likeness (QED) is 0.622. The second kappa shape index (κ2) is 5.98. The standard InChI is InChI=1S/C17H14ClN3O3/c1-19-15(22)14(16(23)20(2)17(19)24)10-13-4-3-9-21(13)12-7-5-11(18)6-8-12/h3-10H,1-2H3. The zero-order chi connectivity index (χ0) is 17.4. The zero-order valence-corrected chi connectivity index (χ0v) is 13.8. The van der Waals surface area contributed by atoms with E-state index in [1.165, 1.54) is 20.2 Å². The number of imide groups is 2. The summed E-state index contributed by atoms with van der Waals surface area (Å²) in [5, 5.41) is 0.616. The van der Waals surface area contributed by atoms with Crippen LogP contribution in [0.3, 0.4) is 0 Å². The van der Waals surface area contributed by atoms with E-state index < -0.39 is 17.8 Å². The van der Waals surface area contributed by atoms with Gasteiger partial charge in [0.2, 0.25) is 0 Å². The summed E-state index contributed by atoms with van der Waals surface area (Å²) in [6.07, 6.45) is 3.30. The largest absolute Gasteiger partial charge is 0.333 e. The molecule has 1 aliphatic rings. The Kier molecular flexibility index (Phi) is 3.99. The summed E-state index contributed by atoms with van der Waals surface area (Å²) in [7, 11) is 2.69. The Morgan fingerprint density at radius 2 is 1.50 bits per heavy atom. The van der Waals surface area contributed by atoms with Gasteiger partial charge in [-0.3, -0.25) is 19.4 Å². The molecule has 0 saturated carbocycles. The minimum Gasteiger partial charge on any atom is -0.317 e. The van der Waals surface area contributed by atoms with Gasteiger partial charge in [-0.05, 0) is 42.5 Å². The lowest BCUT2D eigenvalue weighted by Crippen LogP contribution is -2.52. The predicted octanol–water partition coefficient (Wildman–Crippen LogP) is 2.56. The number of aromatic nitrogens is 1. The smallest absolute Gasteiger partial charge is 0.317 e. The summed E-state index contributed by atoms with van der Waals surface area (Å²) in [6.45, 7) is 0. The number of urea groups is 1. The Bertz CT molecular complexity index is 841. The Morgan fingerprint density at radius 3 is 2.08 bits per heavy atom. The van der Waals surface area contributed by atoms with Crippen molar-refractivity contribution in [3.05, 3.63) is 58.9 Å². The van der Waals surface area contributed by atoms with Gasteiger partial charge < -0.3 is 4.57 Å². The summed E-state index contributed by atoms with van der Waals surface area (Å²) in [6, 6.07) is 10.1. The normalized spacial score (nSPS) is 15.3. The fraction of sp³-hybridized carbons (Fsp3) is 0.118. The average Bonchev–Trinajstić information content (AvgIpc) is 3.04. The molecule has 0 N–H and O–H groups in total. The van der Waals surface area contributed by atoms with Crippen molar-refractivity contribution in [2.45, 2.75) is 0 Å². The first-order valence-corrected chi connectivity index (χ1v) is 7.53. The molecule has 2 heterocycles. The minimum absolute atomic E-state index is 0.0616. The van der Waals surface area contributed by atoms with E-state index in [-0.39, 0.29) is 5.57 Å². The Hall–Kier alpha value is -2.86. The fourth-order valence-electron chi connectivity index (χ4n) is 2.47. The zero-order valence-electron chi connectivity index (χ0n) is 13.1. The van der Waals surface area contributed by atoms with Crippen molar-refractivity contribution >= 4 is 35.5 Å². The number of nitrogens with zero attached hydrogens (tertiary/aromatic N) is 3. The minimum atomic E-state index is -0.643. The molecule has 2 aromatic rings. The van der Waals surface area contributed by atoms with Gasteiger partial charge in [0.1, 0.15) is 5.57 Å². The Balaban J connectivity index is 2.05. The van der Waals surface area contributed by atoms with E-state index in [0.717, 1.165) is 15.5 Å². The van der Waals surface area contributed by atoms with Gasteiger partial charge in [0.25, 0.3) is 11.8 Å². The summed E-state index contributed by atoms with van der Waals surface area (Å²) < 4.78 is 1.82. The molecule has 0 unspecified atom stereocenters. The SMILES string of the molecule is CN1C(=O)C(=Cc2cccn2-c2ccc(Cl)cc2)C(=O)N(C)C1=O. The molecule has 0 bridgehead atoms. The van der Waals surface area contributed by atoms with Crippen LogP contribution in [0.15, 0.2) is 48.2 Å². The molecule has 3 rings (SSSR count). The number of barbiturate groups is 1. The maximum atomic E-state index is 12.3. The summed E-state index contributed by atoms with van der Waals surface area (Å²) in [5.74, 6) is -1.24. The molecule has 1 aliphatic heterocycles. The highest BCUT2D eigenvalue weighted by atomic mass is 35.5. The fourth-order valence-corrected chi connectivity index (χ4v) is 2.60. The van der Waals surface area contributed by atoms with Gasteiger partial charge in [-0.15, -0.1) is 0 Å². The van der Waals surface area contributed by atoms with Crippen molar-refractivity contribution < 1.29 is 14.4 Å². The van der Waals surface area contributed by atoms with Gasteiger partial charge in [0.05, 0.1) is 0 Å². The molecule has 1 fully saturated rings. The van der Waals surface area contributed by atoms with Gasteiger partial charge >= 0.3 is 6.03 Å². The van der Waals surface area contributed by atoms with Gasteiger partial charge in [-0.1, -0.05) is 11.6 Å². The van der Waals surface area contributed by atoms with Crippen molar-refractivity contribution in [1.29, 1.82) is 0 Å². The molecule has 1 saturated heterocycles. The van der Waals surface area contributed by atoms with Gasteiger partial charge in [-0.2, -0.15) is 0 Å². The summed E-state index contributed by atoms with van der Waals surface area (Å²) >= 11 is 5.90. The topological polar surface area (TPSA) is 62.6 Å². The number of halogens is 1. The van der Waals surface area contributed by atoms with Crippen LogP contribution >= 0.6 is 11.6 Å². The Morgan fingerprint density at radius 1 is 0.917 bits per heavy atom. The van der Waals surface area contributed by atoms with Crippen LogP contribution in [0.5, 0.6) is 0 Å². The lowest BCUT2D eigenvalue weighted by atomic mass is 10.1. The number of likely N-dealkylation sites (N-methyl/N-ethyl adjacent to an activating group) is 2. The second-order valence-corrected chi connectivity index (χ2v) is 5.78. The first kappa shape index (κ1) is 16.0. The van der Waals surface area contributed by atoms with Crippen molar-refractivity contribution in [2.75, 3.05) is 14.1 Å². The van der Waals surface area contributed by atoms with Crippen LogP contribution in [-0.2, 0) is 9.59 Å². The number of rotatable bonds is 2. The molecule has 0 radical (unpaired) electrons. The van der Waals surface area contributed by atoms with Crippen molar-refractivity contribution in [1.82, 2.24) is 14.4 Å². The molecule has 0 spiro atoms. The Labute approximate surface area is 143 Å². The number of carbonyl (C=O) groups is 3. The summed E-state index contributed by atoms with van der Waals surface area (Å²) in [4.78, 5) is 38.2. The molecular formula is C17H14ClN3O3. The van der Waals surface area contributed by atoms with Gasteiger partial charge in [0.15, 0.2) is 0 Å². The maximum Gasteiger partial charge on any atom is 0.333 e. The van der Waals surface area contributed by atoms with Gasteiger partial charge in [-0.25, -0.2) is 4.79 Å². The van der Waals surface area contributed by atoms with E-state index in [2.05, 4.69) is 0 Å². The van der Waals surface area contributed by atoms with Crippen molar-refractivity contribution in [2.24, 2.45) is 0 Å². The van der Waals surface area contributed by atoms with Crippen LogP contribution in [0.4, 0.5) is 4.79 Å². The predicted molar refractivity (Wildman–Crippen MR) is 89.7 cm³/mol. The number of benzene rings is 1. The molecule has 4 amide bonds. The van der Waals surface area contributed by atoms with Crippen LogP contribution in [0.25, 0.3) is 11.8 Å². The van der Waals surface area contributed by atoms with Crippen molar-refractivity contribution in [3.63, 3.8) is 0 Å². The third kappa shape index (κ3) is 2.61. The average molecular weight is 344 g/mol. The molecule has 1 aromatic carbocycles. The van der Waals surface area contributed by atoms with Crippen LogP contribution in [0.1, 0.15) is 5.69 Å². The van der Waals surface area contributed by atoms with E-state index in [1.807, 2.05) is 22.9 Å². The molecule has 1 aromatic heterocycles. The molecule has 24 heavy (non-hydrogen) atoms. The van der Waals surface area contributed by atoms with E-state index in [0.29, 0.717) is 10.7 Å². The number of amides is 4. The van der Waals surface area contributed by atoms with Gasteiger partial charge in [0, 0.05) is 36.7 Å². The number of hydrogen-bond acceptors (Lipinski definition) is 3. The van der Waals surface area contributed by atoms with Crippen LogP contribution in [0.2, 0.25) is 5.02 Å². The molecule has 122 valence electrons. The molecule has 7 heteroatoms.